The maximum atomic E-state index is 5.27. The van der Waals surface area contributed by atoms with E-state index in [1.54, 1.807) is 0 Å². The van der Waals surface area contributed by atoms with Crippen LogP contribution in [0.1, 0.15) is 65.2 Å². The molecule has 0 radical (unpaired) electrons. The molecule has 0 aliphatic rings. The maximum absolute atomic E-state index is 5.27. The van der Waals surface area contributed by atoms with Crippen LogP contribution in [0, 0.1) is 0 Å². The molecule has 0 fully saturated rings. The van der Waals surface area contributed by atoms with Gasteiger partial charge in [0.1, 0.15) is 0 Å². The molecule has 0 aromatic carbocycles. The summed E-state index contributed by atoms with van der Waals surface area (Å²) in [5, 5.41) is 0. The molecular weight excluding hydrogens is 395 g/mol. The predicted octanol–water partition coefficient (Wildman–Crippen LogP) is 3.37. The molecule has 0 bridgehead atoms. The average molecular weight is 432 g/mol. The van der Waals surface area contributed by atoms with Crippen LogP contribution in [0.25, 0.3) is 0 Å². The molecule has 0 spiro atoms. The Balaban J connectivity index is -0.0000000480. The summed E-state index contributed by atoms with van der Waals surface area (Å²) in [6, 6.07) is 0. The fourth-order valence-corrected chi connectivity index (χ4v) is 1.14. The first-order chi connectivity index (χ1) is 6.83. The van der Waals surface area contributed by atoms with Crippen molar-refractivity contribution >= 4 is 0 Å². The molecular formula is C12H36N4Pt. The van der Waals surface area contributed by atoms with Gasteiger partial charge in [0.25, 0.3) is 0 Å². The molecule has 17 heavy (non-hydrogen) atoms. The van der Waals surface area contributed by atoms with Crippen molar-refractivity contribution in [1.29, 1.82) is 0 Å². The third kappa shape index (κ3) is 48.0. The number of nitrogens with two attached hydrogens (primary N) is 2. The molecule has 4 nitrogen and oxygen atoms in total. The first-order valence-corrected chi connectivity index (χ1v) is 6.23. The Morgan fingerprint density at radius 3 is 1.06 bits per heavy atom. The second kappa shape index (κ2) is 36.0. The van der Waals surface area contributed by atoms with Gasteiger partial charge in [0.2, 0.25) is 0 Å². The summed E-state index contributed by atoms with van der Waals surface area (Å²) >= 11 is 0. The zero-order chi connectivity index (χ0) is 11.1. The standard InChI is InChI=1S/2C6H15N.2H3N.Pt/c2*1-2-3-4-5-6-7;;;/h2*2-7H2,1H3;2*1H3;. The summed E-state index contributed by atoms with van der Waals surface area (Å²) in [6.07, 6.45) is 10.3. The number of hydrogen-bond donors (Lipinski definition) is 4. The smallest absolute Gasteiger partial charge is 0 e. The van der Waals surface area contributed by atoms with Crippen LogP contribution >= 0.6 is 0 Å². The van der Waals surface area contributed by atoms with Gasteiger partial charge >= 0.3 is 0 Å². The Morgan fingerprint density at radius 2 is 0.882 bits per heavy atom. The van der Waals surface area contributed by atoms with Crippen LogP contribution in [-0.4, -0.2) is 13.1 Å². The number of hydrogen-bond acceptors (Lipinski definition) is 4. The van der Waals surface area contributed by atoms with Gasteiger partial charge in [-0.2, -0.15) is 0 Å². The molecule has 0 aromatic rings. The molecule has 5 heteroatoms. The fourth-order valence-electron chi connectivity index (χ4n) is 1.14. The van der Waals surface area contributed by atoms with Gasteiger partial charge in [0.15, 0.2) is 0 Å². The molecule has 0 atom stereocenters. The molecule has 10 N–H and O–H groups in total. The normalized spacial score (nSPS) is 7.76. The van der Waals surface area contributed by atoms with Gasteiger partial charge in [0.05, 0.1) is 0 Å². The quantitative estimate of drug-likeness (QED) is 0.440. The summed E-state index contributed by atoms with van der Waals surface area (Å²) in [6.45, 7) is 6.13. The predicted molar refractivity (Wildman–Crippen MR) is 76.4 cm³/mol. The van der Waals surface area contributed by atoms with Crippen molar-refractivity contribution in [2.24, 2.45) is 11.5 Å². The summed E-state index contributed by atoms with van der Waals surface area (Å²) in [4.78, 5) is 0. The van der Waals surface area contributed by atoms with Crippen molar-refractivity contribution in [3.8, 4) is 0 Å². The van der Waals surface area contributed by atoms with E-state index in [9.17, 15) is 0 Å². The van der Waals surface area contributed by atoms with E-state index in [4.69, 9.17) is 11.5 Å². The molecule has 0 heterocycles. The van der Waals surface area contributed by atoms with E-state index in [1.165, 1.54) is 51.4 Å². The Hall–Kier alpha value is 0.528. The van der Waals surface area contributed by atoms with Gasteiger partial charge in [-0.1, -0.05) is 52.4 Å². The average Bonchev–Trinajstić information content (AvgIpc) is 2.21. The Labute approximate surface area is 123 Å². The zero-order valence-corrected chi connectivity index (χ0v) is 14.2. The van der Waals surface area contributed by atoms with Crippen LogP contribution in [0.3, 0.4) is 0 Å². The third-order valence-corrected chi connectivity index (χ3v) is 2.12. The summed E-state index contributed by atoms with van der Waals surface area (Å²) in [7, 11) is 0. The molecule has 0 saturated heterocycles. The van der Waals surface area contributed by atoms with E-state index in [-0.39, 0.29) is 33.4 Å². The van der Waals surface area contributed by atoms with Crippen LogP contribution in [0.4, 0.5) is 0 Å². The Bertz CT molecular complexity index is 66.9. The molecule has 0 aromatic heterocycles. The van der Waals surface area contributed by atoms with E-state index in [2.05, 4.69) is 13.8 Å². The van der Waals surface area contributed by atoms with E-state index < -0.39 is 0 Å². The minimum absolute atomic E-state index is 0. The third-order valence-electron chi connectivity index (χ3n) is 2.12. The van der Waals surface area contributed by atoms with Gasteiger partial charge in [-0.25, -0.2) is 0 Å². The van der Waals surface area contributed by atoms with E-state index in [1.807, 2.05) is 0 Å². The largest absolute Gasteiger partial charge is 0.344 e. The van der Waals surface area contributed by atoms with Crippen molar-refractivity contribution < 1.29 is 21.1 Å². The van der Waals surface area contributed by atoms with E-state index >= 15 is 0 Å². The maximum Gasteiger partial charge on any atom is 0 e. The molecule has 0 aliphatic carbocycles. The molecule has 0 saturated carbocycles. The van der Waals surface area contributed by atoms with Crippen LogP contribution in [-0.2, 0) is 21.1 Å². The van der Waals surface area contributed by atoms with Crippen LogP contribution in [0.2, 0.25) is 0 Å². The second-order valence-corrected chi connectivity index (χ2v) is 3.70. The summed E-state index contributed by atoms with van der Waals surface area (Å²) < 4.78 is 0. The van der Waals surface area contributed by atoms with Crippen molar-refractivity contribution in [3.63, 3.8) is 0 Å². The van der Waals surface area contributed by atoms with E-state index in [0.29, 0.717) is 0 Å². The number of unbranched alkanes of at least 4 members (excludes halogenated alkanes) is 6. The Kier molecular flexibility index (Phi) is 64.5. The van der Waals surface area contributed by atoms with Gasteiger partial charge in [-0.05, 0) is 25.9 Å². The summed E-state index contributed by atoms with van der Waals surface area (Å²) in [5.74, 6) is 0. The van der Waals surface area contributed by atoms with Crippen LogP contribution in [0.5, 0.6) is 0 Å². The second-order valence-electron chi connectivity index (χ2n) is 3.70. The van der Waals surface area contributed by atoms with Gasteiger partial charge in [0, 0.05) is 21.1 Å². The minimum atomic E-state index is 0. The molecule has 0 aliphatic heterocycles. The first kappa shape index (κ1) is 30.5. The number of rotatable bonds is 8. The first-order valence-electron chi connectivity index (χ1n) is 6.23. The SMILES string of the molecule is CCCCCCN.CCCCCCN.N.N.[Pt]. The summed E-state index contributed by atoms with van der Waals surface area (Å²) in [5.41, 5.74) is 10.5. The minimum Gasteiger partial charge on any atom is -0.344 e. The van der Waals surface area contributed by atoms with Crippen molar-refractivity contribution in [2.75, 3.05) is 13.1 Å². The fraction of sp³-hybridized carbons (Fsp3) is 1.00. The van der Waals surface area contributed by atoms with Gasteiger partial charge in [-0.3, -0.25) is 0 Å². The van der Waals surface area contributed by atoms with Crippen LogP contribution in [0.15, 0.2) is 0 Å². The Morgan fingerprint density at radius 1 is 0.588 bits per heavy atom. The van der Waals surface area contributed by atoms with E-state index in [0.717, 1.165) is 13.1 Å². The van der Waals surface area contributed by atoms with Crippen molar-refractivity contribution in [1.82, 2.24) is 12.3 Å². The van der Waals surface area contributed by atoms with Crippen molar-refractivity contribution in [2.45, 2.75) is 65.2 Å². The topological polar surface area (TPSA) is 122 Å². The molecule has 114 valence electrons. The molecule has 0 rings (SSSR count). The van der Waals surface area contributed by atoms with Gasteiger partial charge in [-0.15, -0.1) is 0 Å². The van der Waals surface area contributed by atoms with Crippen LogP contribution < -0.4 is 23.8 Å². The van der Waals surface area contributed by atoms with Gasteiger partial charge < -0.3 is 23.8 Å². The monoisotopic (exact) mass is 431 g/mol. The van der Waals surface area contributed by atoms with Crippen molar-refractivity contribution in [3.05, 3.63) is 0 Å². The molecule has 0 amide bonds. The zero-order valence-electron chi connectivity index (χ0n) is 12.0. The molecule has 0 unspecified atom stereocenters.